The maximum Gasteiger partial charge on any atom is 0.410 e. The second-order valence-corrected chi connectivity index (χ2v) is 5.91. The Morgan fingerprint density at radius 1 is 1.25 bits per heavy atom. The zero-order chi connectivity index (χ0) is 17.1. The largest absolute Gasteiger partial charge is 0.410 e. The number of primary amides is 1. The number of hydrogen-bond donors (Lipinski definition) is 2. The third kappa shape index (κ3) is 3.55. The molecule has 0 bridgehead atoms. The normalized spacial score (nSPS) is 11.1. The van der Waals surface area contributed by atoms with E-state index in [2.05, 4.69) is 41.1 Å². The van der Waals surface area contributed by atoms with E-state index in [1.54, 1.807) is 12.1 Å². The van der Waals surface area contributed by atoms with E-state index in [1.807, 2.05) is 18.2 Å². The summed E-state index contributed by atoms with van der Waals surface area (Å²) in [4.78, 5) is 21.0. The average Bonchev–Trinajstić information content (AvgIpc) is 2.98. The minimum absolute atomic E-state index is 0.353. The van der Waals surface area contributed by atoms with Crippen LogP contribution in [-0.4, -0.2) is 41.6 Å². The number of ether oxygens (including phenoxy) is 1. The predicted octanol–water partition coefficient (Wildman–Crippen LogP) is 2.79. The van der Waals surface area contributed by atoms with Crippen LogP contribution in [0.25, 0.3) is 22.4 Å². The van der Waals surface area contributed by atoms with Crippen LogP contribution in [0.2, 0.25) is 0 Å². The van der Waals surface area contributed by atoms with Gasteiger partial charge in [-0.15, -0.1) is 0 Å². The molecule has 1 amide bonds. The molecule has 6 nitrogen and oxygen atoms in total. The van der Waals surface area contributed by atoms with Crippen LogP contribution in [0.1, 0.15) is 5.56 Å². The van der Waals surface area contributed by atoms with E-state index >= 15 is 0 Å². The summed E-state index contributed by atoms with van der Waals surface area (Å²) in [6, 6.07) is 13.6. The Morgan fingerprint density at radius 2 is 2.04 bits per heavy atom. The summed E-state index contributed by atoms with van der Waals surface area (Å²) in [6.45, 7) is 0.986. The lowest BCUT2D eigenvalue weighted by atomic mass is 10.1. The molecule has 0 aliphatic rings. The van der Waals surface area contributed by atoms with Crippen molar-refractivity contribution < 1.29 is 9.53 Å². The Morgan fingerprint density at radius 3 is 2.79 bits per heavy atom. The molecule has 2 aromatic carbocycles. The van der Waals surface area contributed by atoms with Crippen LogP contribution in [-0.2, 0) is 6.42 Å². The van der Waals surface area contributed by atoms with Gasteiger partial charge in [-0.2, -0.15) is 0 Å². The monoisotopic (exact) mass is 324 g/mol. The number of benzene rings is 2. The molecule has 0 atom stereocenters. The third-order valence-corrected chi connectivity index (χ3v) is 3.73. The van der Waals surface area contributed by atoms with Crippen LogP contribution in [0.15, 0.2) is 42.5 Å². The number of rotatable bonds is 5. The van der Waals surface area contributed by atoms with E-state index in [-0.39, 0.29) is 0 Å². The van der Waals surface area contributed by atoms with Crippen molar-refractivity contribution in [3.63, 3.8) is 0 Å². The van der Waals surface area contributed by atoms with E-state index < -0.39 is 6.09 Å². The van der Waals surface area contributed by atoms with E-state index in [4.69, 9.17) is 10.5 Å². The number of nitrogens with zero attached hydrogens (tertiary/aromatic N) is 2. The summed E-state index contributed by atoms with van der Waals surface area (Å²) < 4.78 is 5.02. The highest BCUT2D eigenvalue weighted by Gasteiger charge is 2.11. The van der Waals surface area contributed by atoms with E-state index in [0.717, 1.165) is 29.9 Å². The lowest BCUT2D eigenvalue weighted by Crippen LogP contribution is -2.16. The fourth-order valence-electron chi connectivity index (χ4n) is 2.56. The Bertz CT molecular complexity index is 870. The van der Waals surface area contributed by atoms with Gasteiger partial charge in [0, 0.05) is 12.1 Å². The minimum atomic E-state index is -0.849. The Labute approximate surface area is 140 Å². The fraction of sp³-hybridized carbons (Fsp3) is 0.222. The summed E-state index contributed by atoms with van der Waals surface area (Å²) in [7, 11) is 4.12. The maximum absolute atomic E-state index is 11.0. The van der Waals surface area contributed by atoms with Crippen molar-refractivity contribution in [2.75, 3.05) is 20.6 Å². The topological polar surface area (TPSA) is 84.2 Å². The Balaban J connectivity index is 1.95. The first-order chi connectivity index (χ1) is 11.5. The first-order valence-electron chi connectivity index (χ1n) is 7.73. The van der Waals surface area contributed by atoms with Gasteiger partial charge in [-0.1, -0.05) is 24.3 Å². The van der Waals surface area contributed by atoms with Crippen molar-refractivity contribution >= 4 is 17.1 Å². The van der Waals surface area contributed by atoms with Gasteiger partial charge in [-0.05, 0) is 44.3 Å². The van der Waals surface area contributed by atoms with Crippen LogP contribution in [0.3, 0.4) is 0 Å². The van der Waals surface area contributed by atoms with Crippen LogP contribution < -0.4 is 10.5 Å². The molecule has 0 fully saturated rings. The highest BCUT2D eigenvalue weighted by molar-refractivity contribution is 5.87. The van der Waals surface area contributed by atoms with Gasteiger partial charge in [0.05, 0.1) is 5.52 Å². The average molecular weight is 324 g/mol. The van der Waals surface area contributed by atoms with Crippen LogP contribution in [0.4, 0.5) is 4.79 Å². The number of imidazole rings is 1. The van der Waals surface area contributed by atoms with Gasteiger partial charge in [0.25, 0.3) is 0 Å². The summed E-state index contributed by atoms with van der Waals surface area (Å²) in [5, 5.41) is 0. The molecule has 0 aliphatic carbocycles. The van der Waals surface area contributed by atoms with Crippen molar-refractivity contribution in [2.24, 2.45) is 5.73 Å². The summed E-state index contributed by atoms with van der Waals surface area (Å²) in [5.74, 6) is 1.09. The predicted molar refractivity (Wildman–Crippen MR) is 94.0 cm³/mol. The number of hydrogen-bond acceptors (Lipinski definition) is 4. The third-order valence-electron chi connectivity index (χ3n) is 3.73. The molecule has 0 aliphatic heterocycles. The molecular formula is C18H20N4O2. The summed E-state index contributed by atoms with van der Waals surface area (Å²) in [6.07, 6.45) is 0.120. The summed E-state index contributed by atoms with van der Waals surface area (Å²) in [5.41, 5.74) is 8.73. The first kappa shape index (κ1) is 16.0. The molecule has 6 heteroatoms. The molecule has 0 spiro atoms. The zero-order valence-electron chi connectivity index (χ0n) is 13.7. The molecule has 3 N–H and O–H groups in total. The lowest BCUT2D eigenvalue weighted by Gasteiger charge is -2.09. The number of aromatic amines is 1. The van der Waals surface area contributed by atoms with Gasteiger partial charge in [-0.25, -0.2) is 9.78 Å². The molecule has 124 valence electrons. The van der Waals surface area contributed by atoms with Gasteiger partial charge >= 0.3 is 6.09 Å². The van der Waals surface area contributed by atoms with Crippen LogP contribution >= 0.6 is 0 Å². The highest BCUT2D eigenvalue weighted by atomic mass is 16.5. The molecule has 0 radical (unpaired) electrons. The molecule has 0 saturated heterocycles. The van der Waals surface area contributed by atoms with Crippen molar-refractivity contribution in [1.82, 2.24) is 14.9 Å². The molecule has 1 aromatic heterocycles. The number of amides is 1. The molecule has 3 aromatic rings. The first-order valence-corrected chi connectivity index (χ1v) is 7.73. The molecule has 0 saturated carbocycles. The van der Waals surface area contributed by atoms with E-state index in [0.29, 0.717) is 11.3 Å². The molecule has 1 heterocycles. The molecular weight excluding hydrogens is 304 g/mol. The Hall–Kier alpha value is -2.86. The number of fused-ring (bicyclic) bond motifs is 1. The van der Waals surface area contributed by atoms with Gasteiger partial charge < -0.3 is 20.4 Å². The van der Waals surface area contributed by atoms with Gasteiger partial charge in [-0.3, -0.25) is 0 Å². The second kappa shape index (κ2) is 6.72. The standard InChI is InChI=1S/C18H20N4O2/c1-22(2)10-9-12-5-3-6-13(11-12)17-20-14-7-4-8-15(16(14)21-17)24-18(19)23/h3-8,11H,9-10H2,1-2H3,(H2,19,23)(H,20,21). The van der Waals surface area contributed by atoms with Crippen molar-refractivity contribution in [2.45, 2.75) is 6.42 Å². The quantitative estimate of drug-likeness (QED) is 0.756. The van der Waals surface area contributed by atoms with Crippen LogP contribution in [0, 0.1) is 0 Å². The van der Waals surface area contributed by atoms with E-state index in [1.165, 1.54) is 5.56 Å². The van der Waals surface area contributed by atoms with Crippen molar-refractivity contribution in [3.8, 4) is 17.1 Å². The SMILES string of the molecule is CN(C)CCc1cccc(-c2nc3c(OC(N)=O)cccc3[nH]2)c1. The number of para-hydroxylation sites is 1. The maximum atomic E-state index is 11.0. The van der Waals surface area contributed by atoms with Crippen LogP contribution in [0.5, 0.6) is 5.75 Å². The number of nitrogens with two attached hydrogens (primary N) is 1. The van der Waals surface area contributed by atoms with Crippen molar-refractivity contribution in [3.05, 3.63) is 48.0 Å². The lowest BCUT2D eigenvalue weighted by molar-refractivity contribution is 0.211. The number of carbonyl (C=O) groups excluding carboxylic acids is 1. The summed E-state index contributed by atoms with van der Waals surface area (Å²) >= 11 is 0. The number of likely N-dealkylation sites (N-methyl/N-ethyl adjacent to an activating group) is 1. The number of H-pyrrole nitrogens is 1. The molecule has 3 rings (SSSR count). The Kier molecular flexibility index (Phi) is 4.48. The number of nitrogens with one attached hydrogen (secondary N) is 1. The fourth-order valence-corrected chi connectivity index (χ4v) is 2.56. The molecule has 0 unspecified atom stereocenters. The molecule has 24 heavy (non-hydrogen) atoms. The van der Waals surface area contributed by atoms with E-state index in [9.17, 15) is 4.79 Å². The number of aromatic nitrogens is 2. The van der Waals surface area contributed by atoms with Gasteiger partial charge in [0.15, 0.2) is 5.75 Å². The number of carbonyl (C=O) groups is 1. The van der Waals surface area contributed by atoms with Gasteiger partial charge in [0.1, 0.15) is 11.3 Å². The van der Waals surface area contributed by atoms with Crippen molar-refractivity contribution in [1.29, 1.82) is 0 Å². The zero-order valence-corrected chi connectivity index (χ0v) is 13.7. The second-order valence-electron chi connectivity index (χ2n) is 5.91. The minimum Gasteiger partial charge on any atom is -0.408 e. The highest BCUT2D eigenvalue weighted by Crippen LogP contribution is 2.27. The smallest absolute Gasteiger partial charge is 0.408 e. The van der Waals surface area contributed by atoms with Gasteiger partial charge in [0.2, 0.25) is 0 Å².